The van der Waals surface area contributed by atoms with Crippen molar-refractivity contribution >= 4 is 17.8 Å². The molecule has 3 heterocycles. The summed E-state index contributed by atoms with van der Waals surface area (Å²) < 4.78 is 0. The Morgan fingerprint density at radius 3 is 2.39 bits per heavy atom. The molecule has 0 aromatic carbocycles. The Balaban J connectivity index is 0.000000134. The standard InChI is InChI=1S/C7H12N2.C5H7NO3/c1-3-7-8-4-2-6-9(7)5-1;7-4-2-1-3-6(4)5(8)9/h1-6H2;1-3H2,(H,8,9). The molecule has 0 saturated carbocycles. The molecule has 18 heavy (non-hydrogen) atoms. The average Bonchev–Trinajstić information content (AvgIpc) is 2.97. The summed E-state index contributed by atoms with van der Waals surface area (Å²) >= 11 is 0. The highest BCUT2D eigenvalue weighted by molar-refractivity contribution is 5.92. The van der Waals surface area contributed by atoms with Crippen molar-refractivity contribution in [3.63, 3.8) is 0 Å². The third-order valence-corrected chi connectivity index (χ3v) is 3.38. The number of amides is 2. The van der Waals surface area contributed by atoms with E-state index >= 15 is 0 Å². The molecule has 0 aromatic heterocycles. The number of imide groups is 1. The van der Waals surface area contributed by atoms with E-state index in [4.69, 9.17) is 5.11 Å². The molecule has 0 bridgehead atoms. The molecule has 2 amide bonds. The van der Waals surface area contributed by atoms with Gasteiger partial charge in [-0.05, 0) is 19.3 Å². The molecule has 100 valence electrons. The largest absolute Gasteiger partial charge is 0.465 e. The fourth-order valence-electron chi connectivity index (χ4n) is 2.46. The van der Waals surface area contributed by atoms with Crippen LogP contribution in [0.4, 0.5) is 4.79 Å². The van der Waals surface area contributed by atoms with Crippen LogP contribution >= 0.6 is 0 Å². The molecule has 3 rings (SSSR count). The zero-order valence-electron chi connectivity index (χ0n) is 10.5. The van der Waals surface area contributed by atoms with E-state index in [9.17, 15) is 9.59 Å². The molecule has 0 atom stereocenters. The van der Waals surface area contributed by atoms with Gasteiger partial charge in [-0.2, -0.15) is 0 Å². The van der Waals surface area contributed by atoms with E-state index < -0.39 is 6.09 Å². The van der Waals surface area contributed by atoms with Crippen molar-refractivity contribution in [2.75, 3.05) is 26.2 Å². The lowest BCUT2D eigenvalue weighted by Gasteiger charge is -2.21. The first kappa shape index (κ1) is 12.9. The Kier molecular flexibility index (Phi) is 4.17. The Hall–Kier alpha value is -1.59. The Morgan fingerprint density at radius 2 is 1.83 bits per heavy atom. The highest BCUT2D eigenvalue weighted by Crippen LogP contribution is 2.14. The summed E-state index contributed by atoms with van der Waals surface area (Å²) in [5.41, 5.74) is 0. The monoisotopic (exact) mass is 253 g/mol. The van der Waals surface area contributed by atoms with Crippen molar-refractivity contribution in [3.05, 3.63) is 0 Å². The minimum Gasteiger partial charge on any atom is -0.465 e. The van der Waals surface area contributed by atoms with Gasteiger partial charge < -0.3 is 10.0 Å². The fourth-order valence-corrected chi connectivity index (χ4v) is 2.46. The Morgan fingerprint density at radius 1 is 1.11 bits per heavy atom. The Labute approximate surface area is 106 Å². The molecular weight excluding hydrogens is 234 g/mol. The van der Waals surface area contributed by atoms with Gasteiger partial charge >= 0.3 is 6.09 Å². The predicted molar refractivity (Wildman–Crippen MR) is 66.7 cm³/mol. The van der Waals surface area contributed by atoms with Crippen LogP contribution in [0.2, 0.25) is 0 Å². The van der Waals surface area contributed by atoms with Crippen LogP contribution < -0.4 is 0 Å². The lowest BCUT2D eigenvalue weighted by molar-refractivity contribution is -0.125. The molecule has 0 aromatic rings. The lowest BCUT2D eigenvalue weighted by atomic mass is 10.3. The van der Waals surface area contributed by atoms with Gasteiger partial charge in [0.2, 0.25) is 5.91 Å². The van der Waals surface area contributed by atoms with Crippen LogP contribution in [-0.2, 0) is 4.79 Å². The number of carbonyl (C=O) groups is 2. The first-order valence-electron chi connectivity index (χ1n) is 6.50. The second kappa shape index (κ2) is 5.84. The van der Waals surface area contributed by atoms with E-state index in [0.717, 1.165) is 11.4 Å². The van der Waals surface area contributed by atoms with Crippen molar-refractivity contribution < 1.29 is 14.7 Å². The molecule has 2 saturated heterocycles. The summed E-state index contributed by atoms with van der Waals surface area (Å²) in [6, 6.07) is 0. The molecule has 3 aliphatic heterocycles. The van der Waals surface area contributed by atoms with Gasteiger partial charge in [0.1, 0.15) is 0 Å². The van der Waals surface area contributed by atoms with Gasteiger partial charge in [0.15, 0.2) is 0 Å². The summed E-state index contributed by atoms with van der Waals surface area (Å²) in [5, 5.41) is 8.29. The van der Waals surface area contributed by atoms with Crippen LogP contribution in [0.1, 0.15) is 32.1 Å². The molecule has 0 aliphatic carbocycles. The maximum atomic E-state index is 10.6. The van der Waals surface area contributed by atoms with Gasteiger partial charge in [0.05, 0.1) is 5.84 Å². The maximum absolute atomic E-state index is 10.6. The number of amidine groups is 1. The zero-order chi connectivity index (χ0) is 13.0. The van der Waals surface area contributed by atoms with E-state index in [1.165, 1.54) is 38.2 Å². The van der Waals surface area contributed by atoms with Crippen LogP contribution in [0.5, 0.6) is 0 Å². The second-order valence-corrected chi connectivity index (χ2v) is 4.67. The minimum absolute atomic E-state index is 0.275. The zero-order valence-corrected chi connectivity index (χ0v) is 10.5. The van der Waals surface area contributed by atoms with Crippen molar-refractivity contribution in [1.29, 1.82) is 0 Å². The molecular formula is C12H19N3O3. The van der Waals surface area contributed by atoms with Crippen LogP contribution in [0.3, 0.4) is 0 Å². The summed E-state index contributed by atoms with van der Waals surface area (Å²) in [6.07, 6.45) is 3.76. The van der Waals surface area contributed by atoms with Crippen LogP contribution in [-0.4, -0.2) is 58.9 Å². The topological polar surface area (TPSA) is 73.2 Å². The first-order valence-corrected chi connectivity index (χ1v) is 6.50. The van der Waals surface area contributed by atoms with E-state index in [2.05, 4.69) is 9.89 Å². The van der Waals surface area contributed by atoms with E-state index in [0.29, 0.717) is 19.4 Å². The molecule has 0 spiro atoms. The molecule has 6 nitrogen and oxygen atoms in total. The van der Waals surface area contributed by atoms with Crippen molar-refractivity contribution in [1.82, 2.24) is 9.80 Å². The minimum atomic E-state index is -1.13. The third-order valence-electron chi connectivity index (χ3n) is 3.38. The SMILES string of the molecule is C1CN=C2CCCN2C1.O=C(O)N1CCCC1=O. The number of nitrogens with zero attached hydrogens (tertiary/aromatic N) is 3. The summed E-state index contributed by atoms with van der Waals surface area (Å²) in [6.45, 7) is 3.97. The third kappa shape index (κ3) is 3.00. The number of likely N-dealkylation sites (tertiary alicyclic amines) is 1. The molecule has 6 heteroatoms. The smallest absolute Gasteiger partial charge is 0.414 e. The summed E-state index contributed by atoms with van der Waals surface area (Å²) in [4.78, 5) is 28.4. The number of carboxylic acid groups (broad SMARTS) is 1. The van der Waals surface area contributed by atoms with Crippen molar-refractivity contribution in [2.24, 2.45) is 4.99 Å². The molecule has 0 unspecified atom stereocenters. The lowest BCUT2D eigenvalue weighted by Crippen LogP contribution is -2.29. The number of rotatable bonds is 0. The van der Waals surface area contributed by atoms with Crippen molar-refractivity contribution in [3.8, 4) is 0 Å². The van der Waals surface area contributed by atoms with Crippen LogP contribution in [0, 0.1) is 0 Å². The van der Waals surface area contributed by atoms with Gasteiger partial charge in [-0.1, -0.05) is 0 Å². The van der Waals surface area contributed by atoms with Gasteiger partial charge in [-0.3, -0.25) is 9.79 Å². The highest BCUT2D eigenvalue weighted by atomic mass is 16.4. The first-order chi connectivity index (χ1) is 8.68. The normalized spacial score (nSPS) is 22.2. The van der Waals surface area contributed by atoms with Gasteiger partial charge in [-0.15, -0.1) is 0 Å². The van der Waals surface area contributed by atoms with E-state index in [1.807, 2.05) is 0 Å². The summed E-state index contributed by atoms with van der Waals surface area (Å²) in [5.74, 6) is 1.10. The predicted octanol–water partition coefficient (Wildman–Crippen LogP) is 1.17. The summed E-state index contributed by atoms with van der Waals surface area (Å²) in [7, 11) is 0. The maximum Gasteiger partial charge on any atom is 0.414 e. The number of hydrogen-bond acceptors (Lipinski definition) is 4. The molecule has 3 aliphatic rings. The van der Waals surface area contributed by atoms with Gasteiger partial charge in [-0.25, -0.2) is 9.69 Å². The Bertz CT molecular complexity index is 368. The molecule has 1 N–H and O–H groups in total. The molecule has 0 radical (unpaired) electrons. The fraction of sp³-hybridized carbons (Fsp3) is 0.750. The number of carbonyl (C=O) groups excluding carboxylic acids is 1. The second-order valence-electron chi connectivity index (χ2n) is 4.67. The number of hydrogen-bond donors (Lipinski definition) is 1. The molecule has 2 fully saturated rings. The van der Waals surface area contributed by atoms with E-state index in [-0.39, 0.29) is 5.91 Å². The van der Waals surface area contributed by atoms with Gasteiger partial charge in [0, 0.05) is 39.0 Å². The van der Waals surface area contributed by atoms with Crippen LogP contribution in [0.15, 0.2) is 4.99 Å². The van der Waals surface area contributed by atoms with Gasteiger partial charge in [0.25, 0.3) is 0 Å². The quantitative estimate of drug-likeness (QED) is 0.703. The number of fused-ring (bicyclic) bond motifs is 1. The highest BCUT2D eigenvalue weighted by Gasteiger charge is 2.25. The van der Waals surface area contributed by atoms with Crippen molar-refractivity contribution in [2.45, 2.75) is 32.1 Å². The number of aliphatic imine (C=N–C) groups is 1. The van der Waals surface area contributed by atoms with E-state index in [1.54, 1.807) is 0 Å². The average molecular weight is 253 g/mol. The van der Waals surface area contributed by atoms with Crippen LogP contribution in [0.25, 0.3) is 0 Å².